The molecule has 230 valence electrons. The highest BCUT2D eigenvalue weighted by atomic mass is 16.5. The van der Waals surface area contributed by atoms with E-state index in [4.69, 9.17) is 4.74 Å². The zero-order valence-electron chi connectivity index (χ0n) is 25.7. The molecule has 0 unspecified atom stereocenters. The highest BCUT2D eigenvalue weighted by Crippen LogP contribution is 2.31. The van der Waals surface area contributed by atoms with Gasteiger partial charge in [0.1, 0.15) is 11.9 Å². The lowest BCUT2D eigenvalue weighted by molar-refractivity contribution is -0.116. The van der Waals surface area contributed by atoms with Gasteiger partial charge in [0.25, 0.3) is 5.91 Å². The molecule has 1 aliphatic rings. The van der Waals surface area contributed by atoms with Crippen molar-refractivity contribution in [1.82, 2.24) is 14.7 Å². The molecule has 43 heavy (non-hydrogen) atoms. The van der Waals surface area contributed by atoms with Crippen LogP contribution < -0.4 is 15.4 Å². The smallest absolute Gasteiger partial charge is 0.321 e. The summed E-state index contributed by atoms with van der Waals surface area (Å²) in [7, 11) is 5.63. The van der Waals surface area contributed by atoms with Gasteiger partial charge in [-0.15, -0.1) is 0 Å². The lowest BCUT2D eigenvalue weighted by Crippen LogP contribution is -2.50. The van der Waals surface area contributed by atoms with Gasteiger partial charge in [-0.05, 0) is 63.6 Å². The van der Waals surface area contributed by atoms with Crippen molar-refractivity contribution in [2.45, 2.75) is 38.8 Å². The number of amides is 4. The van der Waals surface area contributed by atoms with E-state index in [0.717, 1.165) is 29.4 Å². The minimum absolute atomic E-state index is 0.132. The Hall–Kier alpha value is -4.15. The Morgan fingerprint density at radius 1 is 1.07 bits per heavy atom. The summed E-state index contributed by atoms with van der Waals surface area (Å²) in [4.78, 5) is 44.8. The maximum Gasteiger partial charge on any atom is 0.321 e. The fraction of sp³-hybridized carbons (Fsp3) is 0.424. The molecule has 0 saturated heterocycles. The third kappa shape index (κ3) is 8.03. The number of aliphatic hydroxyl groups excluding tert-OH is 1. The zero-order chi connectivity index (χ0) is 31.1. The zero-order valence-corrected chi connectivity index (χ0v) is 25.7. The van der Waals surface area contributed by atoms with E-state index in [1.165, 1.54) is 0 Å². The molecule has 0 bridgehead atoms. The van der Waals surface area contributed by atoms with Crippen molar-refractivity contribution in [2.24, 2.45) is 5.92 Å². The summed E-state index contributed by atoms with van der Waals surface area (Å²) in [5.41, 5.74) is 1.52. The van der Waals surface area contributed by atoms with E-state index >= 15 is 0 Å². The number of likely N-dealkylation sites (N-methyl/N-ethyl adjacent to an activating group) is 1. The van der Waals surface area contributed by atoms with Crippen LogP contribution in [0.3, 0.4) is 0 Å². The quantitative estimate of drug-likeness (QED) is 0.321. The lowest BCUT2D eigenvalue weighted by atomic mass is 9.99. The largest absolute Gasteiger partial charge is 0.487 e. The molecular formula is C33H43N5O5. The van der Waals surface area contributed by atoms with Gasteiger partial charge in [-0.3, -0.25) is 9.59 Å². The number of aliphatic hydroxyl groups is 1. The Labute approximate surface area is 253 Å². The Balaban J connectivity index is 1.54. The van der Waals surface area contributed by atoms with Crippen LogP contribution in [0, 0.1) is 5.92 Å². The second-order valence-electron chi connectivity index (χ2n) is 11.6. The lowest BCUT2D eigenvalue weighted by Gasteiger charge is -2.38. The summed E-state index contributed by atoms with van der Waals surface area (Å²) in [5, 5.41) is 17.8. The number of hydrogen-bond donors (Lipinski definition) is 3. The van der Waals surface area contributed by atoms with Crippen LogP contribution in [0.2, 0.25) is 0 Å². The standard InChI is InChI=1S/C33H43N5O5/c1-22-19-38(23(2)21-39)32(41)27-18-25(34-31(40)14-9-17-36(3)4)15-16-29(27)43-30(22)20-37(5)33(42)35-28-13-8-11-24-10-6-7-12-26(24)28/h6-8,10-13,15-16,18,22-23,30,39H,9,14,17,19-21H2,1-5H3,(H,34,40)(H,35,42)/t22-,23-,30-/m1/s1. The summed E-state index contributed by atoms with van der Waals surface area (Å²) in [6.07, 6.45) is 0.629. The van der Waals surface area contributed by atoms with Gasteiger partial charge in [0, 0.05) is 37.0 Å². The summed E-state index contributed by atoms with van der Waals surface area (Å²) in [6, 6.07) is 18.0. The first-order valence-electron chi connectivity index (χ1n) is 14.7. The third-order valence-corrected chi connectivity index (χ3v) is 7.79. The van der Waals surface area contributed by atoms with Gasteiger partial charge in [0.05, 0.1) is 30.4 Å². The minimum Gasteiger partial charge on any atom is -0.487 e. The first kappa shape index (κ1) is 31.8. The molecule has 4 amide bonds. The van der Waals surface area contributed by atoms with Gasteiger partial charge in [0.2, 0.25) is 5.91 Å². The molecule has 3 aromatic rings. The number of nitrogens with one attached hydrogen (secondary N) is 2. The van der Waals surface area contributed by atoms with Crippen LogP contribution in [-0.4, -0.2) is 97.2 Å². The van der Waals surface area contributed by atoms with Crippen LogP contribution in [0.1, 0.15) is 37.0 Å². The Morgan fingerprint density at radius 2 is 1.81 bits per heavy atom. The van der Waals surface area contributed by atoms with Gasteiger partial charge < -0.3 is 35.2 Å². The van der Waals surface area contributed by atoms with Crippen LogP contribution >= 0.6 is 0 Å². The fourth-order valence-corrected chi connectivity index (χ4v) is 5.20. The van der Waals surface area contributed by atoms with Crippen LogP contribution in [0.4, 0.5) is 16.2 Å². The number of carbonyl (C=O) groups excluding carboxylic acids is 3. The number of urea groups is 1. The fourth-order valence-electron chi connectivity index (χ4n) is 5.20. The predicted molar refractivity (Wildman–Crippen MR) is 170 cm³/mol. The number of benzene rings is 3. The van der Waals surface area contributed by atoms with Gasteiger partial charge in [-0.1, -0.05) is 43.3 Å². The van der Waals surface area contributed by atoms with Crippen molar-refractivity contribution in [2.75, 3.05) is 58.0 Å². The number of nitrogens with zero attached hydrogens (tertiary/aromatic N) is 3. The molecule has 3 atom stereocenters. The maximum absolute atomic E-state index is 13.7. The molecule has 10 heteroatoms. The number of hydrogen-bond acceptors (Lipinski definition) is 6. The monoisotopic (exact) mass is 589 g/mol. The van der Waals surface area contributed by atoms with Crippen molar-refractivity contribution >= 4 is 40.0 Å². The van der Waals surface area contributed by atoms with E-state index < -0.39 is 12.1 Å². The topological polar surface area (TPSA) is 114 Å². The molecule has 1 heterocycles. The van der Waals surface area contributed by atoms with Crippen LogP contribution in [0.25, 0.3) is 10.8 Å². The maximum atomic E-state index is 13.7. The minimum atomic E-state index is -0.449. The molecule has 0 aromatic heterocycles. The molecule has 0 saturated carbocycles. The van der Waals surface area contributed by atoms with E-state index in [9.17, 15) is 19.5 Å². The van der Waals surface area contributed by atoms with Crippen molar-refractivity contribution in [3.05, 3.63) is 66.2 Å². The third-order valence-electron chi connectivity index (χ3n) is 7.79. The highest BCUT2D eigenvalue weighted by molar-refractivity contribution is 6.02. The van der Waals surface area contributed by atoms with Crippen molar-refractivity contribution in [3.8, 4) is 5.75 Å². The van der Waals surface area contributed by atoms with E-state index in [1.54, 1.807) is 42.0 Å². The number of fused-ring (bicyclic) bond motifs is 2. The molecular weight excluding hydrogens is 546 g/mol. The Morgan fingerprint density at radius 3 is 2.56 bits per heavy atom. The highest BCUT2D eigenvalue weighted by Gasteiger charge is 2.34. The Kier molecular flexibility index (Phi) is 10.6. The second-order valence-corrected chi connectivity index (χ2v) is 11.6. The van der Waals surface area contributed by atoms with Gasteiger partial charge >= 0.3 is 6.03 Å². The van der Waals surface area contributed by atoms with Gasteiger partial charge in [0.15, 0.2) is 0 Å². The van der Waals surface area contributed by atoms with Crippen molar-refractivity contribution in [3.63, 3.8) is 0 Å². The van der Waals surface area contributed by atoms with Crippen molar-refractivity contribution < 1.29 is 24.2 Å². The molecule has 3 aromatic carbocycles. The summed E-state index contributed by atoms with van der Waals surface area (Å²) < 4.78 is 6.42. The van der Waals surface area contributed by atoms with Crippen LogP contribution in [0.15, 0.2) is 60.7 Å². The second kappa shape index (κ2) is 14.3. The number of rotatable bonds is 10. The number of anilines is 2. The van der Waals surface area contributed by atoms with E-state index in [0.29, 0.717) is 30.0 Å². The van der Waals surface area contributed by atoms with Gasteiger partial charge in [-0.25, -0.2) is 4.79 Å². The average Bonchev–Trinajstić information content (AvgIpc) is 2.98. The Bertz CT molecular complexity index is 1440. The number of carbonyl (C=O) groups is 3. The molecule has 0 fully saturated rings. The first-order valence-corrected chi connectivity index (χ1v) is 14.7. The van der Waals surface area contributed by atoms with E-state index in [1.807, 2.05) is 68.4 Å². The van der Waals surface area contributed by atoms with Crippen LogP contribution in [-0.2, 0) is 4.79 Å². The molecule has 1 aliphatic heterocycles. The molecule has 0 radical (unpaired) electrons. The summed E-state index contributed by atoms with van der Waals surface area (Å²) in [5.74, 6) is -0.209. The van der Waals surface area contributed by atoms with Crippen LogP contribution in [0.5, 0.6) is 5.75 Å². The molecule has 10 nitrogen and oxygen atoms in total. The van der Waals surface area contributed by atoms with Crippen molar-refractivity contribution in [1.29, 1.82) is 0 Å². The first-order chi connectivity index (χ1) is 20.6. The SMILES string of the molecule is C[C@@H]1CN([C@H](C)CO)C(=O)c2cc(NC(=O)CCCN(C)C)ccc2O[C@@H]1CN(C)C(=O)Nc1cccc2ccccc12. The molecule has 3 N–H and O–H groups in total. The molecule has 0 spiro atoms. The summed E-state index contributed by atoms with van der Waals surface area (Å²) in [6.45, 7) is 4.95. The van der Waals surface area contributed by atoms with Gasteiger partial charge in [-0.2, -0.15) is 0 Å². The number of ether oxygens (including phenoxy) is 1. The predicted octanol–water partition coefficient (Wildman–Crippen LogP) is 4.50. The van der Waals surface area contributed by atoms with E-state index in [-0.39, 0.29) is 36.9 Å². The van der Waals surface area contributed by atoms with E-state index in [2.05, 4.69) is 10.6 Å². The summed E-state index contributed by atoms with van der Waals surface area (Å²) >= 11 is 0. The normalized spacial score (nSPS) is 17.5. The average molecular weight is 590 g/mol. The molecule has 0 aliphatic carbocycles. The molecule has 4 rings (SSSR count).